The first-order valence-corrected chi connectivity index (χ1v) is 7.91. The predicted molar refractivity (Wildman–Crippen MR) is 88.2 cm³/mol. The van der Waals surface area contributed by atoms with Gasteiger partial charge in [-0.05, 0) is 57.4 Å². The molecule has 3 rings (SSSR count). The number of nitrogens with two attached hydrogens (primary N) is 1. The zero-order valence-electron chi connectivity index (χ0n) is 13.8. The van der Waals surface area contributed by atoms with Crippen molar-refractivity contribution in [2.75, 3.05) is 24.1 Å². The summed E-state index contributed by atoms with van der Waals surface area (Å²) in [5.41, 5.74) is 7.22. The molecular formula is C17H23N3O3. The van der Waals surface area contributed by atoms with E-state index in [0.717, 1.165) is 11.3 Å². The molecule has 0 radical (unpaired) electrons. The second-order valence-corrected chi connectivity index (χ2v) is 7.31. The number of piperidine rings is 1. The molecule has 0 unspecified atom stereocenters. The van der Waals surface area contributed by atoms with Crippen molar-refractivity contribution >= 4 is 23.4 Å². The normalized spacial score (nSPS) is 19.4. The van der Waals surface area contributed by atoms with Crippen molar-refractivity contribution in [1.82, 2.24) is 4.90 Å². The first kappa shape index (κ1) is 15.6. The molecule has 0 atom stereocenters. The van der Waals surface area contributed by atoms with Gasteiger partial charge in [-0.25, -0.2) is 4.79 Å². The van der Waals surface area contributed by atoms with Crippen molar-refractivity contribution in [3.8, 4) is 0 Å². The van der Waals surface area contributed by atoms with Crippen molar-refractivity contribution in [3.63, 3.8) is 0 Å². The van der Waals surface area contributed by atoms with Gasteiger partial charge in [-0.15, -0.1) is 0 Å². The minimum absolute atomic E-state index is 0.00180. The van der Waals surface area contributed by atoms with E-state index in [1.165, 1.54) is 0 Å². The SMILES string of the molecule is CC(C)(C)OC(=O)N1CCC2(CC1)C(=O)Nc1ccc(N)cc12. The molecular weight excluding hydrogens is 294 g/mol. The highest BCUT2D eigenvalue weighted by Gasteiger charge is 2.49. The molecule has 1 fully saturated rings. The molecule has 2 amide bonds. The number of anilines is 2. The summed E-state index contributed by atoms with van der Waals surface area (Å²) in [4.78, 5) is 26.4. The second-order valence-electron chi connectivity index (χ2n) is 7.31. The Hall–Kier alpha value is -2.24. The third-order valence-electron chi connectivity index (χ3n) is 4.51. The van der Waals surface area contributed by atoms with Crippen LogP contribution >= 0.6 is 0 Å². The number of nitrogens with zero attached hydrogens (tertiary/aromatic N) is 1. The van der Waals surface area contributed by atoms with Gasteiger partial charge in [-0.3, -0.25) is 4.79 Å². The minimum Gasteiger partial charge on any atom is -0.444 e. The first-order chi connectivity index (χ1) is 10.7. The molecule has 2 aliphatic rings. The van der Waals surface area contributed by atoms with E-state index in [9.17, 15) is 9.59 Å². The van der Waals surface area contributed by atoms with E-state index in [1.54, 1.807) is 11.0 Å². The third kappa shape index (κ3) is 2.73. The van der Waals surface area contributed by atoms with E-state index in [-0.39, 0.29) is 12.0 Å². The van der Waals surface area contributed by atoms with Crippen LogP contribution in [-0.4, -0.2) is 35.6 Å². The zero-order valence-corrected chi connectivity index (χ0v) is 13.8. The smallest absolute Gasteiger partial charge is 0.410 e. The second kappa shape index (κ2) is 5.15. The van der Waals surface area contributed by atoms with Crippen molar-refractivity contribution in [2.45, 2.75) is 44.6 Å². The number of rotatable bonds is 0. The Balaban J connectivity index is 1.78. The Morgan fingerprint density at radius 1 is 1.30 bits per heavy atom. The van der Waals surface area contributed by atoms with E-state index in [4.69, 9.17) is 10.5 Å². The van der Waals surface area contributed by atoms with Crippen LogP contribution in [0.25, 0.3) is 0 Å². The van der Waals surface area contributed by atoms with Gasteiger partial charge in [-0.1, -0.05) is 0 Å². The Kier molecular flexibility index (Phi) is 3.50. The Morgan fingerprint density at radius 3 is 2.57 bits per heavy atom. The average molecular weight is 317 g/mol. The molecule has 1 saturated heterocycles. The molecule has 0 saturated carbocycles. The number of amides is 2. The van der Waals surface area contributed by atoms with E-state index in [1.807, 2.05) is 32.9 Å². The number of nitrogens with one attached hydrogen (secondary N) is 1. The number of fused-ring (bicyclic) bond motifs is 2. The van der Waals surface area contributed by atoms with Crippen LogP contribution in [0.3, 0.4) is 0 Å². The summed E-state index contributed by atoms with van der Waals surface area (Å²) in [5.74, 6) is 0.00180. The summed E-state index contributed by atoms with van der Waals surface area (Å²) in [6, 6.07) is 5.50. The molecule has 2 aliphatic heterocycles. The Labute approximate surface area is 136 Å². The van der Waals surface area contributed by atoms with Crippen molar-refractivity contribution in [2.24, 2.45) is 0 Å². The van der Waals surface area contributed by atoms with Crippen LogP contribution in [0.4, 0.5) is 16.2 Å². The van der Waals surface area contributed by atoms with E-state index in [0.29, 0.717) is 31.6 Å². The van der Waals surface area contributed by atoms with Gasteiger partial charge in [0, 0.05) is 24.5 Å². The van der Waals surface area contributed by atoms with Crippen LogP contribution in [0.15, 0.2) is 18.2 Å². The highest BCUT2D eigenvalue weighted by Crippen LogP contribution is 2.45. The summed E-state index contributed by atoms with van der Waals surface area (Å²) in [7, 11) is 0. The zero-order chi connectivity index (χ0) is 16.8. The molecule has 124 valence electrons. The largest absolute Gasteiger partial charge is 0.444 e. The molecule has 0 aromatic heterocycles. The van der Waals surface area contributed by atoms with Crippen LogP contribution in [0, 0.1) is 0 Å². The average Bonchev–Trinajstić information content (AvgIpc) is 2.71. The molecule has 6 nitrogen and oxygen atoms in total. The highest BCUT2D eigenvalue weighted by atomic mass is 16.6. The van der Waals surface area contributed by atoms with Gasteiger partial charge >= 0.3 is 6.09 Å². The van der Waals surface area contributed by atoms with Crippen LogP contribution in [0.5, 0.6) is 0 Å². The Morgan fingerprint density at radius 2 is 1.96 bits per heavy atom. The standard InChI is InChI=1S/C17H23N3O3/c1-16(2,3)23-15(22)20-8-6-17(7-9-20)12-10-11(18)4-5-13(12)19-14(17)21/h4-5,10H,6-9,18H2,1-3H3,(H,19,21). The summed E-state index contributed by atoms with van der Waals surface area (Å²) in [6.45, 7) is 6.53. The lowest BCUT2D eigenvalue weighted by molar-refractivity contribution is -0.122. The van der Waals surface area contributed by atoms with Gasteiger partial charge in [0.25, 0.3) is 0 Å². The topological polar surface area (TPSA) is 84.7 Å². The number of carbonyl (C=O) groups excluding carboxylic acids is 2. The highest BCUT2D eigenvalue weighted by molar-refractivity contribution is 6.06. The van der Waals surface area contributed by atoms with Crippen LogP contribution in [0.1, 0.15) is 39.2 Å². The summed E-state index contributed by atoms with van der Waals surface area (Å²) >= 11 is 0. The lowest BCUT2D eigenvalue weighted by Gasteiger charge is -2.38. The third-order valence-corrected chi connectivity index (χ3v) is 4.51. The fourth-order valence-electron chi connectivity index (χ4n) is 3.32. The van der Waals surface area contributed by atoms with Crippen LogP contribution < -0.4 is 11.1 Å². The lowest BCUT2D eigenvalue weighted by Crippen LogP contribution is -2.49. The van der Waals surface area contributed by atoms with E-state index >= 15 is 0 Å². The van der Waals surface area contributed by atoms with Gasteiger partial charge in [0.2, 0.25) is 5.91 Å². The fourth-order valence-corrected chi connectivity index (χ4v) is 3.32. The van der Waals surface area contributed by atoms with Gasteiger partial charge < -0.3 is 20.7 Å². The number of nitrogen functional groups attached to an aromatic ring is 1. The fraction of sp³-hybridized carbons (Fsp3) is 0.529. The first-order valence-electron chi connectivity index (χ1n) is 7.91. The maximum absolute atomic E-state index is 12.5. The van der Waals surface area contributed by atoms with Gasteiger partial charge in [-0.2, -0.15) is 0 Å². The molecule has 3 N–H and O–H groups in total. The van der Waals surface area contributed by atoms with E-state index < -0.39 is 11.0 Å². The van der Waals surface area contributed by atoms with E-state index in [2.05, 4.69) is 5.32 Å². The van der Waals surface area contributed by atoms with Crippen LogP contribution in [0.2, 0.25) is 0 Å². The molecule has 6 heteroatoms. The monoisotopic (exact) mass is 317 g/mol. The maximum Gasteiger partial charge on any atom is 0.410 e. The Bertz CT molecular complexity index is 656. The number of ether oxygens (including phenoxy) is 1. The van der Waals surface area contributed by atoms with Gasteiger partial charge in [0.15, 0.2) is 0 Å². The maximum atomic E-state index is 12.5. The molecule has 0 bridgehead atoms. The van der Waals surface area contributed by atoms with Gasteiger partial charge in [0.05, 0.1) is 5.41 Å². The van der Waals surface area contributed by atoms with Crippen LogP contribution in [-0.2, 0) is 14.9 Å². The summed E-state index contributed by atoms with van der Waals surface area (Å²) < 4.78 is 5.41. The number of likely N-dealkylation sites (tertiary alicyclic amines) is 1. The molecule has 2 heterocycles. The summed E-state index contributed by atoms with van der Waals surface area (Å²) in [5, 5.41) is 2.94. The van der Waals surface area contributed by atoms with Crippen molar-refractivity contribution < 1.29 is 14.3 Å². The molecule has 1 aromatic rings. The molecule has 0 aliphatic carbocycles. The van der Waals surface area contributed by atoms with Crippen molar-refractivity contribution in [3.05, 3.63) is 23.8 Å². The van der Waals surface area contributed by atoms with Gasteiger partial charge in [0.1, 0.15) is 5.60 Å². The number of carbonyl (C=O) groups is 2. The molecule has 1 aromatic carbocycles. The summed E-state index contributed by atoms with van der Waals surface area (Å²) in [6.07, 6.45) is 0.835. The number of hydrogen-bond acceptors (Lipinski definition) is 4. The quantitative estimate of drug-likeness (QED) is 0.720. The minimum atomic E-state index is -0.580. The predicted octanol–water partition coefficient (Wildman–Crippen LogP) is 2.49. The number of hydrogen-bond donors (Lipinski definition) is 2. The lowest BCUT2D eigenvalue weighted by atomic mass is 9.73. The van der Waals surface area contributed by atoms with Crippen molar-refractivity contribution in [1.29, 1.82) is 0 Å². The molecule has 1 spiro atoms. The number of benzene rings is 1. The molecule has 23 heavy (non-hydrogen) atoms.